The SMILES string of the molecule is CC1CCCN(C(=O)COC(=O)CCc2nc3ccccc3s2)C1. The molecule has 0 bridgehead atoms. The van der Waals surface area contributed by atoms with Gasteiger partial charge < -0.3 is 9.64 Å². The van der Waals surface area contributed by atoms with Crippen molar-refractivity contribution >= 4 is 33.4 Å². The number of likely N-dealkylation sites (tertiary alicyclic amines) is 1. The molecule has 1 aromatic carbocycles. The highest BCUT2D eigenvalue weighted by atomic mass is 32.1. The Balaban J connectivity index is 1.43. The van der Waals surface area contributed by atoms with Crippen molar-refractivity contribution in [2.24, 2.45) is 5.92 Å². The van der Waals surface area contributed by atoms with Crippen LogP contribution in [0, 0.1) is 5.92 Å². The first kappa shape index (κ1) is 16.9. The summed E-state index contributed by atoms with van der Waals surface area (Å²) < 4.78 is 6.26. The molecule has 128 valence electrons. The third-order valence-corrected chi connectivity index (χ3v) is 5.34. The number of para-hydroxylation sites is 1. The molecule has 1 fully saturated rings. The number of benzene rings is 1. The number of aryl methyl sites for hydroxylation is 1. The van der Waals surface area contributed by atoms with Gasteiger partial charge in [-0.25, -0.2) is 4.98 Å². The van der Waals surface area contributed by atoms with Gasteiger partial charge in [-0.3, -0.25) is 9.59 Å². The molecule has 1 aliphatic heterocycles. The first-order valence-electron chi connectivity index (χ1n) is 8.39. The van der Waals surface area contributed by atoms with Gasteiger partial charge in [0.25, 0.3) is 5.91 Å². The van der Waals surface area contributed by atoms with E-state index in [4.69, 9.17) is 4.74 Å². The molecule has 1 aliphatic rings. The summed E-state index contributed by atoms with van der Waals surface area (Å²) in [6.45, 7) is 3.53. The fourth-order valence-electron chi connectivity index (χ4n) is 2.96. The minimum atomic E-state index is -0.340. The Kier molecular flexibility index (Phi) is 5.45. The average Bonchev–Trinajstić information content (AvgIpc) is 3.00. The van der Waals surface area contributed by atoms with Gasteiger partial charge in [0.15, 0.2) is 6.61 Å². The highest BCUT2D eigenvalue weighted by Crippen LogP contribution is 2.22. The van der Waals surface area contributed by atoms with Gasteiger partial charge in [-0.05, 0) is 30.9 Å². The van der Waals surface area contributed by atoms with Crippen LogP contribution >= 0.6 is 11.3 Å². The maximum absolute atomic E-state index is 12.1. The van der Waals surface area contributed by atoms with Gasteiger partial charge in [-0.15, -0.1) is 11.3 Å². The summed E-state index contributed by atoms with van der Waals surface area (Å²) in [7, 11) is 0. The van der Waals surface area contributed by atoms with Crippen LogP contribution in [-0.2, 0) is 20.7 Å². The summed E-state index contributed by atoms with van der Waals surface area (Å²) in [5, 5.41) is 0.921. The number of carbonyl (C=O) groups excluding carboxylic acids is 2. The zero-order valence-electron chi connectivity index (χ0n) is 13.9. The average molecular weight is 346 g/mol. The fraction of sp³-hybridized carbons (Fsp3) is 0.500. The topological polar surface area (TPSA) is 59.5 Å². The molecule has 24 heavy (non-hydrogen) atoms. The summed E-state index contributed by atoms with van der Waals surface area (Å²) in [6, 6.07) is 7.91. The lowest BCUT2D eigenvalue weighted by molar-refractivity contribution is -0.152. The lowest BCUT2D eigenvalue weighted by Gasteiger charge is -2.30. The van der Waals surface area contributed by atoms with Gasteiger partial charge in [0.1, 0.15) is 0 Å². The molecule has 0 radical (unpaired) electrons. The van der Waals surface area contributed by atoms with Crippen molar-refractivity contribution < 1.29 is 14.3 Å². The summed E-state index contributed by atoms with van der Waals surface area (Å²) in [4.78, 5) is 30.2. The van der Waals surface area contributed by atoms with E-state index in [-0.39, 0.29) is 24.9 Å². The highest BCUT2D eigenvalue weighted by Gasteiger charge is 2.21. The van der Waals surface area contributed by atoms with Crippen molar-refractivity contribution in [2.75, 3.05) is 19.7 Å². The van der Waals surface area contributed by atoms with Crippen LogP contribution in [0.3, 0.4) is 0 Å². The lowest BCUT2D eigenvalue weighted by Crippen LogP contribution is -2.41. The fourth-order valence-corrected chi connectivity index (χ4v) is 3.92. The van der Waals surface area contributed by atoms with E-state index in [9.17, 15) is 9.59 Å². The third kappa shape index (κ3) is 4.32. The van der Waals surface area contributed by atoms with Crippen LogP contribution in [0.2, 0.25) is 0 Å². The van der Waals surface area contributed by atoms with Crippen molar-refractivity contribution in [3.63, 3.8) is 0 Å². The highest BCUT2D eigenvalue weighted by molar-refractivity contribution is 7.18. The third-order valence-electron chi connectivity index (χ3n) is 4.25. The predicted molar refractivity (Wildman–Crippen MR) is 93.9 cm³/mol. The van der Waals surface area contributed by atoms with Crippen molar-refractivity contribution in [3.05, 3.63) is 29.3 Å². The first-order valence-corrected chi connectivity index (χ1v) is 9.21. The number of hydrogen-bond donors (Lipinski definition) is 0. The van der Waals surface area contributed by atoms with Crippen LogP contribution in [0.4, 0.5) is 0 Å². The van der Waals surface area contributed by atoms with Crippen LogP contribution in [0.25, 0.3) is 10.2 Å². The number of rotatable bonds is 5. The van der Waals surface area contributed by atoms with Gasteiger partial charge in [-0.1, -0.05) is 19.1 Å². The molecular weight excluding hydrogens is 324 g/mol. The van der Waals surface area contributed by atoms with Crippen LogP contribution in [0.1, 0.15) is 31.2 Å². The molecule has 1 unspecified atom stereocenters. The Morgan fingerprint density at radius 3 is 3.00 bits per heavy atom. The first-order chi connectivity index (χ1) is 11.6. The number of carbonyl (C=O) groups is 2. The lowest BCUT2D eigenvalue weighted by atomic mass is 10.0. The molecule has 6 heteroatoms. The van der Waals surface area contributed by atoms with E-state index < -0.39 is 0 Å². The number of hydrogen-bond acceptors (Lipinski definition) is 5. The quantitative estimate of drug-likeness (QED) is 0.781. The van der Waals surface area contributed by atoms with E-state index >= 15 is 0 Å². The van der Waals surface area contributed by atoms with Crippen molar-refractivity contribution in [1.82, 2.24) is 9.88 Å². The zero-order chi connectivity index (χ0) is 16.9. The number of thiazole rings is 1. The molecule has 5 nitrogen and oxygen atoms in total. The minimum absolute atomic E-state index is 0.0881. The molecule has 0 spiro atoms. The summed E-state index contributed by atoms with van der Waals surface area (Å²) >= 11 is 1.59. The van der Waals surface area contributed by atoms with E-state index in [2.05, 4.69) is 11.9 Å². The van der Waals surface area contributed by atoms with Crippen LogP contribution in [-0.4, -0.2) is 41.5 Å². The number of fused-ring (bicyclic) bond motifs is 1. The van der Waals surface area contributed by atoms with Crippen molar-refractivity contribution in [1.29, 1.82) is 0 Å². The molecule has 2 heterocycles. The molecule has 1 amide bonds. The number of aromatic nitrogens is 1. The molecule has 1 aromatic heterocycles. The van der Waals surface area contributed by atoms with Gasteiger partial charge in [-0.2, -0.15) is 0 Å². The smallest absolute Gasteiger partial charge is 0.306 e. The van der Waals surface area contributed by atoms with Gasteiger partial charge in [0.2, 0.25) is 0 Å². The Morgan fingerprint density at radius 1 is 1.38 bits per heavy atom. The molecule has 2 aromatic rings. The zero-order valence-corrected chi connectivity index (χ0v) is 14.7. The van der Waals surface area contributed by atoms with E-state index in [0.29, 0.717) is 12.3 Å². The van der Waals surface area contributed by atoms with E-state index in [1.807, 2.05) is 24.3 Å². The summed E-state index contributed by atoms with van der Waals surface area (Å²) in [5.41, 5.74) is 0.959. The minimum Gasteiger partial charge on any atom is -0.456 e. The van der Waals surface area contributed by atoms with E-state index in [0.717, 1.165) is 41.2 Å². The number of amides is 1. The monoisotopic (exact) mass is 346 g/mol. The second kappa shape index (κ2) is 7.75. The van der Waals surface area contributed by atoms with Crippen molar-refractivity contribution in [3.8, 4) is 0 Å². The van der Waals surface area contributed by atoms with Crippen LogP contribution in [0.15, 0.2) is 24.3 Å². The molecule has 0 aliphatic carbocycles. The number of ether oxygens (including phenoxy) is 1. The Morgan fingerprint density at radius 2 is 2.21 bits per heavy atom. The number of piperidine rings is 1. The normalized spacial score (nSPS) is 17.9. The molecule has 3 rings (SSSR count). The summed E-state index contributed by atoms with van der Waals surface area (Å²) in [6.07, 6.45) is 2.99. The molecule has 0 N–H and O–H groups in total. The number of nitrogens with zero attached hydrogens (tertiary/aromatic N) is 2. The van der Waals surface area contributed by atoms with Gasteiger partial charge in [0, 0.05) is 19.5 Å². The maximum atomic E-state index is 12.1. The predicted octanol–water partition coefficient (Wildman–Crippen LogP) is 3.03. The van der Waals surface area contributed by atoms with Gasteiger partial charge in [0.05, 0.1) is 21.6 Å². The Bertz CT molecular complexity index is 695. The number of esters is 1. The second-order valence-corrected chi connectivity index (χ2v) is 7.44. The van der Waals surface area contributed by atoms with Gasteiger partial charge >= 0.3 is 5.97 Å². The van der Waals surface area contributed by atoms with Crippen molar-refractivity contribution in [2.45, 2.75) is 32.6 Å². The Labute approximate surface area is 145 Å². The summed E-state index contributed by atoms with van der Waals surface area (Å²) in [5.74, 6) is 0.0972. The van der Waals surface area contributed by atoms with E-state index in [1.54, 1.807) is 16.2 Å². The molecule has 1 saturated heterocycles. The maximum Gasteiger partial charge on any atom is 0.306 e. The molecule has 1 atom stereocenters. The van der Waals surface area contributed by atoms with Crippen LogP contribution < -0.4 is 0 Å². The molecule has 0 saturated carbocycles. The second-order valence-electron chi connectivity index (χ2n) is 6.32. The van der Waals surface area contributed by atoms with E-state index in [1.165, 1.54) is 0 Å². The molecular formula is C18H22N2O3S. The van der Waals surface area contributed by atoms with Crippen LogP contribution in [0.5, 0.6) is 0 Å². The standard InChI is InChI=1S/C18H22N2O3S/c1-13-5-4-10-20(11-13)17(21)12-23-18(22)9-8-16-19-14-6-2-3-7-15(14)24-16/h2-3,6-7,13H,4-5,8-12H2,1H3. The largest absolute Gasteiger partial charge is 0.456 e. The Hall–Kier alpha value is -1.95.